The Bertz CT molecular complexity index is 838. The molecule has 2 atom stereocenters. The zero-order chi connectivity index (χ0) is 25.2. The Labute approximate surface area is 200 Å². The van der Waals surface area contributed by atoms with E-state index in [0.717, 1.165) is 29.1 Å². The fraction of sp³-hybridized carbons (Fsp3) is 0.783. The molecule has 0 radical (unpaired) electrons. The summed E-state index contributed by atoms with van der Waals surface area (Å²) in [6, 6.07) is -1.12. The van der Waals surface area contributed by atoms with Crippen molar-refractivity contribution in [2.24, 2.45) is 5.92 Å². The SMILES string of the molecule is CC(C)N1C(=O)C(=O)N(CN2CCC[C@H](NC(=O)[C@@H]3CCCN(C(=O)OC(C)(C)C)C3)C2)C1=O. The Kier molecular flexibility index (Phi) is 7.84. The van der Waals surface area contributed by atoms with Crippen LogP contribution in [0, 0.1) is 5.92 Å². The highest BCUT2D eigenvalue weighted by atomic mass is 16.6. The molecular formula is C23H37N5O6. The molecule has 0 aromatic carbocycles. The van der Waals surface area contributed by atoms with Crippen molar-refractivity contribution >= 4 is 29.8 Å². The summed E-state index contributed by atoms with van der Waals surface area (Å²) >= 11 is 0. The summed E-state index contributed by atoms with van der Waals surface area (Å²) in [5.74, 6) is -2.02. The van der Waals surface area contributed by atoms with E-state index in [9.17, 15) is 24.0 Å². The highest BCUT2D eigenvalue weighted by Crippen LogP contribution is 2.21. The number of imide groups is 2. The summed E-state index contributed by atoms with van der Waals surface area (Å²) < 4.78 is 5.44. The Morgan fingerprint density at radius 2 is 1.71 bits per heavy atom. The van der Waals surface area contributed by atoms with Crippen molar-refractivity contribution in [3.05, 3.63) is 0 Å². The molecule has 3 aliphatic heterocycles. The minimum Gasteiger partial charge on any atom is -0.444 e. The van der Waals surface area contributed by atoms with Crippen molar-refractivity contribution in [2.75, 3.05) is 32.8 Å². The number of nitrogens with zero attached hydrogens (tertiary/aromatic N) is 4. The Hall–Kier alpha value is -2.69. The van der Waals surface area contributed by atoms with Gasteiger partial charge in [0.15, 0.2) is 0 Å². The molecule has 0 aromatic heterocycles. The van der Waals surface area contributed by atoms with Crippen molar-refractivity contribution in [3.63, 3.8) is 0 Å². The predicted molar refractivity (Wildman–Crippen MR) is 122 cm³/mol. The number of likely N-dealkylation sites (tertiary alicyclic amines) is 2. The second-order valence-electron chi connectivity index (χ2n) is 10.6. The first-order valence-corrected chi connectivity index (χ1v) is 12.1. The Morgan fingerprint density at radius 3 is 2.32 bits per heavy atom. The fourth-order valence-corrected chi connectivity index (χ4v) is 4.61. The summed E-state index contributed by atoms with van der Waals surface area (Å²) in [7, 11) is 0. The number of carbonyl (C=O) groups excluding carboxylic acids is 5. The summed E-state index contributed by atoms with van der Waals surface area (Å²) in [6.45, 7) is 10.9. The largest absolute Gasteiger partial charge is 0.444 e. The summed E-state index contributed by atoms with van der Waals surface area (Å²) in [4.78, 5) is 67.8. The molecule has 1 N–H and O–H groups in total. The summed E-state index contributed by atoms with van der Waals surface area (Å²) in [6.07, 6.45) is 2.60. The van der Waals surface area contributed by atoms with E-state index in [4.69, 9.17) is 4.74 Å². The van der Waals surface area contributed by atoms with Gasteiger partial charge in [-0.25, -0.2) is 14.5 Å². The Balaban J connectivity index is 1.53. The van der Waals surface area contributed by atoms with Gasteiger partial charge in [0.2, 0.25) is 5.91 Å². The number of nitrogens with one attached hydrogen (secondary N) is 1. The van der Waals surface area contributed by atoms with Gasteiger partial charge < -0.3 is 15.0 Å². The highest BCUT2D eigenvalue weighted by Gasteiger charge is 2.46. The molecule has 3 saturated heterocycles. The van der Waals surface area contributed by atoms with Gasteiger partial charge in [0.1, 0.15) is 5.60 Å². The minimum atomic E-state index is -0.811. The molecule has 6 amide bonds. The number of ether oxygens (including phenoxy) is 1. The molecule has 3 heterocycles. The lowest BCUT2D eigenvalue weighted by Gasteiger charge is -2.37. The van der Waals surface area contributed by atoms with E-state index in [1.807, 2.05) is 25.7 Å². The van der Waals surface area contributed by atoms with Gasteiger partial charge >= 0.3 is 23.9 Å². The van der Waals surface area contributed by atoms with Crippen LogP contribution in [0.25, 0.3) is 0 Å². The number of hydrogen-bond acceptors (Lipinski definition) is 7. The minimum absolute atomic E-state index is 0.0227. The quantitative estimate of drug-likeness (QED) is 0.467. The second kappa shape index (κ2) is 10.3. The number of piperidine rings is 2. The van der Waals surface area contributed by atoms with Gasteiger partial charge in [-0.1, -0.05) is 0 Å². The fourth-order valence-electron chi connectivity index (χ4n) is 4.61. The maximum absolute atomic E-state index is 13.0. The third-order valence-electron chi connectivity index (χ3n) is 6.24. The van der Waals surface area contributed by atoms with E-state index in [2.05, 4.69) is 5.32 Å². The summed E-state index contributed by atoms with van der Waals surface area (Å²) in [5.41, 5.74) is -0.591. The van der Waals surface area contributed by atoms with Gasteiger partial charge in [0.25, 0.3) is 0 Å². The maximum Gasteiger partial charge on any atom is 0.410 e. The van der Waals surface area contributed by atoms with Gasteiger partial charge in [-0.3, -0.25) is 24.2 Å². The maximum atomic E-state index is 13.0. The van der Waals surface area contributed by atoms with E-state index in [1.165, 1.54) is 0 Å². The third-order valence-corrected chi connectivity index (χ3v) is 6.24. The number of hydrogen-bond donors (Lipinski definition) is 1. The number of amides is 6. The van der Waals surface area contributed by atoms with Crippen molar-refractivity contribution in [2.45, 2.75) is 78.0 Å². The van der Waals surface area contributed by atoms with Crippen LogP contribution >= 0.6 is 0 Å². The van der Waals surface area contributed by atoms with Crippen LogP contribution in [0.3, 0.4) is 0 Å². The molecule has 34 heavy (non-hydrogen) atoms. The lowest BCUT2D eigenvalue weighted by molar-refractivity contribution is -0.144. The van der Waals surface area contributed by atoms with Crippen LogP contribution in [0.5, 0.6) is 0 Å². The topological polar surface area (TPSA) is 120 Å². The van der Waals surface area contributed by atoms with Crippen molar-refractivity contribution < 1.29 is 28.7 Å². The number of urea groups is 1. The van der Waals surface area contributed by atoms with E-state index < -0.39 is 35.6 Å². The van der Waals surface area contributed by atoms with Crippen LogP contribution in [0.4, 0.5) is 9.59 Å². The van der Waals surface area contributed by atoms with Gasteiger partial charge in [-0.2, -0.15) is 0 Å². The Morgan fingerprint density at radius 1 is 1.03 bits per heavy atom. The van der Waals surface area contributed by atoms with Crippen LogP contribution in [0.1, 0.15) is 60.3 Å². The average Bonchev–Trinajstić information content (AvgIpc) is 2.96. The van der Waals surface area contributed by atoms with Crippen molar-refractivity contribution in [1.29, 1.82) is 0 Å². The van der Waals surface area contributed by atoms with Crippen LogP contribution in [0.2, 0.25) is 0 Å². The molecule has 3 aliphatic rings. The zero-order valence-electron chi connectivity index (χ0n) is 20.8. The first kappa shape index (κ1) is 25.9. The van der Waals surface area contributed by atoms with E-state index in [1.54, 1.807) is 18.7 Å². The molecule has 3 fully saturated rings. The van der Waals surface area contributed by atoms with Gasteiger partial charge in [-0.05, 0) is 66.8 Å². The van der Waals surface area contributed by atoms with E-state index in [0.29, 0.717) is 32.6 Å². The molecule has 0 aliphatic carbocycles. The molecule has 3 rings (SSSR count). The molecule has 0 unspecified atom stereocenters. The lowest BCUT2D eigenvalue weighted by atomic mass is 9.96. The summed E-state index contributed by atoms with van der Waals surface area (Å²) in [5, 5.41) is 3.08. The van der Waals surface area contributed by atoms with Gasteiger partial charge in [0, 0.05) is 31.7 Å². The molecular weight excluding hydrogens is 442 g/mol. The first-order chi connectivity index (χ1) is 15.9. The lowest BCUT2D eigenvalue weighted by Crippen LogP contribution is -2.54. The molecule has 0 spiro atoms. The average molecular weight is 480 g/mol. The molecule has 0 aromatic rings. The zero-order valence-corrected chi connectivity index (χ0v) is 20.8. The van der Waals surface area contributed by atoms with Gasteiger partial charge in [0.05, 0.1) is 12.6 Å². The van der Waals surface area contributed by atoms with E-state index >= 15 is 0 Å². The predicted octanol–water partition coefficient (Wildman–Crippen LogP) is 1.37. The number of rotatable bonds is 5. The first-order valence-electron chi connectivity index (χ1n) is 12.1. The van der Waals surface area contributed by atoms with E-state index in [-0.39, 0.29) is 24.5 Å². The monoisotopic (exact) mass is 479 g/mol. The number of carbonyl (C=O) groups is 5. The van der Waals surface area contributed by atoms with Crippen LogP contribution in [-0.2, 0) is 19.1 Å². The molecule has 11 nitrogen and oxygen atoms in total. The van der Waals surface area contributed by atoms with Crippen molar-refractivity contribution in [3.8, 4) is 0 Å². The standard InChI is InChI=1S/C23H37N5O6/c1-15(2)28-20(31)19(30)27(21(28)32)14-25-10-7-9-17(13-25)24-18(29)16-8-6-11-26(12-16)22(33)34-23(3,4)5/h15-17H,6-14H2,1-5H3,(H,24,29)/t16-,17+/m1/s1. The highest BCUT2D eigenvalue weighted by molar-refractivity contribution is 6.44. The molecule has 190 valence electrons. The van der Waals surface area contributed by atoms with Crippen LogP contribution in [-0.4, -0.2) is 100.0 Å². The molecule has 0 saturated carbocycles. The van der Waals surface area contributed by atoms with Crippen LogP contribution in [0.15, 0.2) is 0 Å². The van der Waals surface area contributed by atoms with Crippen LogP contribution < -0.4 is 5.32 Å². The second-order valence-corrected chi connectivity index (χ2v) is 10.6. The normalized spacial score (nSPS) is 24.8. The van der Waals surface area contributed by atoms with Gasteiger partial charge in [-0.15, -0.1) is 0 Å². The molecule has 0 bridgehead atoms. The third kappa shape index (κ3) is 6.05. The molecule has 11 heteroatoms. The van der Waals surface area contributed by atoms with Crippen molar-refractivity contribution in [1.82, 2.24) is 24.9 Å². The smallest absolute Gasteiger partial charge is 0.410 e.